The Labute approximate surface area is 108 Å². The summed E-state index contributed by atoms with van der Waals surface area (Å²) in [5.74, 6) is 2.28. The van der Waals surface area contributed by atoms with Gasteiger partial charge in [0, 0.05) is 6.54 Å². The summed E-state index contributed by atoms with van der Waals surface area (Å²) < 4.78 is 5.39. The van der Waals surface area contributed by atoms with E-state index in [0.717, 1.165) is 6.54 Å². The summed E-state index contributed by atoms with van der Waals surface area (Å²) >= 11 is 5.86. The zero-order valence-electron chi connectivity index (χ0n) is 11.2. The molecule has 0 bridgehead atoms. The second-order valence-corrected chi connectivity index (χ2v) is 5.75. The summed E-state index contributed by atoms with van der Waals surface area (Å²) in [5, 5.41) is 10.7. The van der Waals surface area contributed by atoms with E-state index in [1.54, 1.807) is 0 Å². The van der Waals surface area contributed by atoms with Gasteiger partial charge in [-0.05, 0) is 24.7 Å². The molecule has 1 heterocycles. The lowest BCUT2D eigenvalue weighted by atomic mass is 9.85. The van der Waals surface area contributed by atoms with Crippen LogP contribution in [-0.2, 0) is 0 Å². The Balaban J connectivity index is 2.53. The number of hydrogen-bond acceptors (Lipinski definition) is 4. The molecule has 0 radical (unpaired) electrons. The predicted molar refractivity (Wildman–Crippen MR) is 70.2 cm³/mol. The number of anilines is 1. The van der Waals surface area contributed by atoms with Crippen LogP contribution in [0.2, 0.25) is 0 Å². The second kappa shape index (κ2) is 6.24. The first-order chi connectivity index (χ1) is 7.91. The van der Waals surface area contributed by atoms with Gasteiger partial charge in [0.25, 0.3) is 0 Å². The van der Waals surface area contributed by atoms with E-state index in [4.69, 9.17) is 16.0 Å². The molecule has 0 aromatic carbocycles. The third-order valence-corrected chi connectivity index (χ3v) is 3.17. The minimum Gasteiger partial charge on any atom is -0.407 e. The van der Waals surface area contributed by atoms with Crippen LogP contribution in [0.5, 0.6) is 0 Å². The maximum absolute atomic E-state index is 5.86. The molecular formula is C12H22ClN3O. The number of nitrogens with zero attached hydrogens (tertiary/aromatic N) is 2. The largest absolute Gasteiger partial charge is 0.407 e. The minimum absolute atomic E-state index is 0.246. The maximum Gasteiger partial charge on any atom is 0.315 e. The van der Waals surface area contributed by atoms with E-state index < -0.39 is 0 Å². The zero-order valence-corrected chi connectivity index (χ0v) is 12.0. The highest BCUT2D eigenvalue weighted by Gasteiger charge is 2.18. The van der Waals surface area contributed by atoms with Gasteiger partial charge in [-0.25, -0.2) is 0 Å². The van der Waals surface area contributed by atoms with Gasteiger partial charge in [0.05, 0.1) is 0 Å². The number of hydrogen-bond donors (Lipinski definition) is 1. The molecule has 1 atom stereocenters. The molecule has 1 rings (SSSR count). The standard InChI is InChI=1S/C12H22ClN3O/c1-7(2)10(8(3)4)6-14-12-16-15-11(17-12)9(5)13/h7-10H,6H2,1-5H3,(H,14,16). The van der Waals surface area contributed by atoms with E-state index in [-0.39, 0.29) is 5.38 Å². The average Bonchev–Trinajstić information content (AvgIpc) is 2.65. The van der Waals surface area contributed by atoms with Crippen molar-refractivity contribution in [2.24, 2.45) is 17.8 Å². The lowest BCUT2D eigenvalue weighted by Gasteiger charge is -2.24. The average molecular weight is 260 g/mol. The molecule has 0 aliphatic rings. The molecule has 0 saturated carbocycles. The number of nitrogens with one attached hydrogen (secondary N) is 1. The summed E-state index contributed by atoms with van der Waals surface area (Å²) in [5.41, 5.74) is 0. The van der Waals surface area contributed by atoms with Crippen molar-refractivity contribution in [2.75, 3.05) is 11.9 Å². The highest BCUT2D eigenvalue weighted by Crippen LogP contribution is 2.22. The van der Waals surface area contributed by atoms with E-state index in [2.05, 4.69) is 43.2 Å². The summed E-state index contributed by atoms with van der Waals surface area (Å²) in [4.78, 5) is 0. The van der Waals surface area contributed by atoms with Crippen molar-refractivity contribution in [2.45, 2.75) is 40.0 Å². The van der Waals surface area contributed by atoms with Gasteiger partial charge in [-0.3, -0.25) is 0 Å². The van der Waals surface area contributed by atoms with Crippen LogP contribution in [0.3, 0.4) is 0 Å². The van der Waals surface area contributed by atoms with E-state index >= 15 is 0 Å². The fraction of sp³-hybridized carbons (Fsp3) is 0.833. The second-order valence-electron chi connectivity index (χ2n) is 5.09. The van der Waals surface area contributed by atoms with E-state index in [1.807, 2.05) is 6.92 Å². The monoisotopic (exact) mass is 259 g/mol. The van der Waals surface area contributed by atoms with Crippen molar-refractivity contribution in [1.29, 1.82) is 0 Å². The third kappa shape index (κ3) is 4.19. The zero-order chi connectivity index (χ0) is 13.0. The highest BCUT2D eigenvalue weighted by molar-refractivity contribution is 6.20. The molecule has 0 amide bonds. The predicted octanol–water partition coefficient (Wildman–Crippen LogP) is 3.71. The van der Waals surface area contributed by atoms with Crippen molar-refractivity contribution in [1.82, 2.24) is 10.2 Å². The summed E-state index contributed by atoms with van der Waals surface area (Å²) in [6, 6.07) is 0.457. The van der Waals surface area contributed by atoms with E-state index in [0.29, 0.717) is 29.7 Å². The number of alkyl halides is 1. The Morgan fingerprint density at radius 2 is 1.71 bits per heavy atom. The molecule has 5 heteroatoms. The Morgan fingerprint density at radius 1 is 1.12 bits per heavy atom. The van der Waals surface area contributed by atoms with Crippen molar-refractivity contribution >= 4 is 17.6 Å². The lowest BCUT2D eigenvalue weighted by Crippen LogP contribution is -2.24. The molecular weight excluding hydrogens is 238 g/mol. The van der Waals surface area contributed by atoms with Crippen LogP contribution in [0.15, 0.2) is 4.42 Å². The quantitative estimate of drug-likeness (QED) is 0.792. The van der Waals surface area contributed by atoms with Gasteiger partial charge in [0.1, 0.15) is 5.38 Å². The Bertz CT molecular complexity index is 328. The summed E-state index contributed by atoms with van der Waals surface area (Å²) in [6.07, 6.45) is 0. The van der Waals surface area contributed by atoms with Gasteiger partial charge in [0.15, 0.2) is 0 Å². The molecule has 1 aromatic rings. The number of halogens is 1. The SMILES string of the molecule is CC(Cl)c1nnc(NCC(C(C)C)C(C)C)o1. The number of rotatable bonds is 6. The van der Waals surface area contributed by atoms with Gasteiger partial charge < -0.3 is 9.73 Å². The smallest absolute Gasteiger partial charge is 0.315 e. The Hall–Kier alpha value is -0.770. The van der Waals surface area contributed by atoms with Crippen molar-refractivity contribution < 1.29 is 4.42 Å². The molecule has 98 valence electrons. The summed E-state index contributed by atoms with van der Waals surface area (Å²) in [6.45, 7) is 11.6. The first-order valence-corrected chi connectivity index (χ1v) is 6.56. The van der Waals surface area contributed by atoms with Crippen LogP contribution in [0, 0.1) is 17.8 Å². The van der Waals surface area contributed by atoms with Gasteiger partial charge >= 0.3 is 6.01 Å². The molecule has 0 aliphatic carbocycles. The van der Waals surface area contributed by atoms with Crippen LogP contribution in [0.1, 0.15) is 45.9 Å². The van der Waals surface area contributed by atoms with Gasteiger partial charge in [0.2, 0.25) is 5.89 Å². The topological polar surface area (TPSA) is 51.0 Å². The lowest BCUT2D eigenvalue weighted by molar-refractivity contribution is 0.302. The molecule has 1 N–H and O–H groups in total. The van der Waals surface area contributed by atoms with E-state index in [1.165, 1.54) is 0 Å². The minimum atomic E-state index is -0.246. The Kier molecular flexibility index (Phi) is 5.25. The normalized spacial score (nSPS) is 13.7. The van der Waals surface area contributed by atoms with Crippen LogP contribution in [0.25, 0.3) is 0 Å². The first kappa shape index (κ1) is 14.3. The molecule has 17 heavy (non-hydrogen) atoms. The van der Waals surface area contributed by atoms with Gasteiger partial charge in [-0.1, -0.05) is 32.8 Å². The van der Waals surface area contributed by atoms with Crippen LogP contribution in [-0.4, -0.2) is 16.7 Å². The van der Waals surface area contributed by atoms with Crippen molar-refractivity contribution in [3.63, 3.8) is 0 Å². The van der Waals surface area contributed by atoms with Crippen molar-refractivity contribution in [3.8, 4) is 0 Å². The van der Waals surface area contributed by atoms with Gasteiger partial charge in [-0.2, -0.15) is 0 Å². The summed E-state index contributed by atoms with van der Waals surface area (Å²) in [7, 11) is 0. The molecule has 4 nitrogen and oxygen atoms in total. The molecule has 0 fully saturated rings. The number of aromatic nitrogens is 2. The Morgan fingerprint density at radius 3 is 2.12 bits per heavy atom. The molecule has 1 aromatic heterocycles. The fourth-order valence-corrected chi connectivity index (χ4v) is 2.00. The van der Waals surface area contributed by atoms with Crippen LogP contribution >= 0.6 is 11.6 Å². The van der Waals surface area contributed by atoms with Gasteiger partial charge in [-0.15, -0.1) is 16.7 Å². The van der Waals surface area contributed by atoms with Crippen LogP contribution in [0.4, 0.5) is 6.01 Å². The fourth-order valence-electron chi connectivity index (χ4n) is 1.91. The molecule has 1 unspecified atom stereocenters. The van der Waals surface area contributed by atoms with E-state index in [9.17, 15) is 0 Å². The third-order valence-electron chi connectivity index (χ3n) is 2.98. The molecule has 0 saturated heterocycles. The van der Waals surface area contributed by atoms with Crippen molar-refractivity contribution in [3.05, 3.63) is 5.89 Å². The highest BCUT2D eigenvalue weighted by atomic mass is 35.5. The molecule has 0 aliphatic heterocycles. The molecule has 0 spiro atoms. The first-order valence-electron chi connectivity index (χ1n) is 6.13. The maximum atomic E-state index is 5.86. The van der Waals surface area contributed by atoms with Crippen LogP contribution < -0.4 is 5.32 Å².